The monoisotopic (exact) mass is 312 g/mol. The van der Waals surface area contributed by atoms with Crippen molar-refractivity contribution in [2.75, 3.05) is 23.9 Å². The van der Waals surface area contributed by atoms with Gasteiger partial charge in [-0.25, -0.2) is 0 Å². The van der Waals surface area contributed by atoms with Gasteiger partial charge in [0.1, 0.15) is 5.75 Å². The summed E-state index contributed by atoms with van der Waals surface area (Å²) in [6, 6.07) is 16.5. The van der Waals surface area contributed by atoms with Crippen molar-refractivity contribution in [3.05, 3.63) is 54.6 Å². The van der Waals surface area contributed by atoms with Crippen molar-refractivity contribution in [2.24, 2.45) is 0 Å². The molecule has 2 aromatic carbocycles. The Kier molecular flexibility index (Phi) is 5.74. The number of hydrogen-bond acceptors (Lipinski definition) is 3. The van der Waals surface area contributed by atoms with Crippen molar-refractivity contribution in [3.63, 3.8) is 0 Å². The number of carbonyl (C=O) groups excluding carboxylic acids is 2. The highest BCUT2D eigenvalue weighted by molar-refractivity contribution is 5.94. The number of rotatable bonds is 6. The van der Waals surface area contributed by atoms with E-state index in [0.29, 0.717) is 18.0 Å². The van der Waals surface area contributed by atoms with Gasteiger partial charge in [0.15, 0.2) is 0 Å². The Labute approximate surface area is 135 Å². The number of carbonyl (C=O) groups is 2. The fourth-order valence-electron chi connectivity index (χ4n) is 2.21. The molecule has 2 rings (SSSR count). The van der Waals surface area contributed by atoms with E-state index in [4.69, 9.17) is 4.74 Å². The normalized spacial score (nSPS) is 10.0. The molecule has 0 bridgehead atoms. The lowest BCUT2D eigenvalue weighted by molar-refractivity contribution is -0.117. The first kappa shape index (κ1) is 16.5. The third kappa shape index (κ3) is 4.85. The number of methoxy groups -OCH3 is 1. The quantitative estimate of drug-likeness (QED) is 0.892. The Hall–Kier alpha value is -2.82. The van der Waals surface area contributed by atoms with E-state index in [2.05, 4.69) is 5.32 Å². The molecule has 0 saturated carbocycles. The fraction of sp³-hybridized carbons (Fsp3) is 0.222. The molecule has 1 N–H and O–H groups in total. The van der Waals surface area contributed by atoms with Crippen LogP contribution in [0.1, 0.15) is 13.3 Å². The molecule has 0 aromatic heterocycles. The number of benzene rings is 2. The predicted octanol–water partition coefficient (Wildman–Crippen LogP) is 3.08. The summed E-state index contributed by atoms with van der Waals surface area (Å²) >= 11 is 0. The number of nitrogens with zero attached hydrogens (tertiary/aromatic N) is 1. The molecule has 0 radical (unpaired) electrons. The summed E-state index contributed by atoms with van der Waals surface area (Å²) in [5, 5.41) is 2.81. The molecule has 0 aliphatic heterocycles. The SMILES string of the molecule is COc1cccc(NC(=O)CCN(C(C)=O)c2ccccc2)c1. The zero-order chi connectivity index (χ0) is 16.7. The fourth-order valence-corrected chi connectivity index (χ4v) is 2.21. The van der Waals surface area contributed by atoms with Crippen LogP contribution in [0.5, 0.6) is 5.75 Å². The first-order valence-electron chi connectivity index (χ1n) is 7.37. The Balaban J connectivity index is 1.95. The van der Waals surface area contributed by atoms with E-state index in [9.17, 15) is 9.59 Å². The molecular weight excluding hydrogens is 292 g/mol. The number of para-hydroxylation sites is 1. The number of anilines is 2. The lowest BCUT2D eigenvalue weighted by atomic mass is 10.2. The van der Waals surface area contributed by atoms with E-state index in [1.165, 1.54) is 6.92 Å². The Bertz CT molecular complexity index is 671. The van der Waals surface area contributed by atoms with Gasteiger partial charge in [-0.05, 0) is 24.3 Å². The van der Waals surface area contributed by atoms with E-state index in [1.807, 2.05) is 36.4 Å². The molecule has 2 amide bonds. The number of hydrogen-bond donors (Lipinski definition) is 1. The largest absolute Gasteiger partial charge is 0.497 e. The van der Waals surface area contributed by atoms with Crippen LogP contribution in [0.2, 0.25) is 0 Å². The first-order valence-corrected chi connectivity index (χ1v) is 7.37. The molecule has 23 heavy (non-hydrogen) atoms. The summed E-state index contributed by atoms with van der Waals surface area (Å²) in [6.45, 7) is 1.82. The number of nitrogens with one attached hydrogen (secondary N) is 1. The Morgan fingerprint density at radius 1 is 1.09 bits per heavy atom. The lowest BCUT2D eigenvalue weighted by Gasteiger charge is -2.20. The molecule has 0 aliphatic rings. The maximum absolute atomic E-state index is 12.1. The molecular formula is C18H20N2O3. The molecule has 0 unspecified atom stereocenters. The minimum Gasteiger partial charge on any atom is -0.497 e. The zero-order valence-electron chi connectivity index (χ0n) is 13.3. The molecule has 0 spiro atoms. The lowest BCUT2D eigenvalue weighted by Crippen LogP contribution is -2.31. The van der Waals surface area contributed by atoms with Crippen LogP contribution >= 0.6 is 0 Å². The van der Waals surface area contributed by atoms with Crippen LogP contribution < -0.4 is 15.0 Å². The van der Waals surface area contributed by atoms with Gasteiger partial charge in [0.05, 0.1) is 7.11 Å². The second-order valence-corrected chi connectivity index (χ2v) is 5.04. The summed E-state index contributed by atoms with van der Waals surface area (Å²) in [7, 11) is 1.57. The first-order chi connectivity index (χ1) is 11.1. The van der Waals surface area contributed by atoms with E-state index < -0.39 is 0 Å². The maximum Gasteiger partial charge on any atom is 0.226 e. The van der Waals surface area contributed by atoms with E-state index in [1.54, 1.807) is 30.2 Å². The van der Waals surface area contributed by atoms with Gasteiger partial charge in [-0.15, -0.1) is 0 Å². The van der Waals surface area contributed by atoms with Crippen LogP contribution in [0.3, 0.4) is 0 Å². The molecule has 0 heterocycles. The summed E-state index contributed by atoms with van der Waals surface area (Å²) in [5.74, 6) is 0.434. The highest BCUT2D eigenvalue weighted by Gasteiger charge is 2.13. The molecule has 0 fully saturated rings. The average molecular weight is 312 g/mol. The highest BCUT2D eigenvalue weighted by atomic mass is 16.5. The minimum absolute atomic E-state index is 0.0922. The van der Waals surface area contributed by atoms with Crippen LogP contribution in [0, 0.1) is 0 Å². The Morgan fingerprint density at radius 2 is 1.83 bits per heavy atom. The molecule has 120 valence electrons. The van der Waals surface area contributed by atoms with Gasteiger partial charge in [-0.1, -0.05) is 24.3 Å². The molecule has 0 aliphatic carbocycles. The van der Waals surface area contributed by atoms with Crippen LogP contribution in [0.15, 0.2) is 54.6 Å². The van der Waals surface area contributed by atoms with Gasteiger partial charge in [-0.2, -0.15) is 0 Å². The average Bonchev–Trinajstić information content (AvgIpc) is 2.56. The summed E-state index contributed by atoms with van der Waals surface area (Å²) in [6.07, 6.45) is 0.214. The van der Waals surface area contributed by atoms with Crippen LogP contribution in [-0.2, 0) is 9.59 Å². The van der Waals surface area contributed by atoms with Gasteiger partial charge < -0.3 is 15.0 Å². The second-order valence-electron chi connectivity index (χ2n) is 5.04. The number of amides is 2. The molecule has 0 atom stereocenters. The topological polar surface area (TPSA) is 58.6 Å². The second kappa shape index (κ2) is 7.98. The minimum atomic E-state index is -0.152. The number of ether oxygens (including phenoxy) is 1. The van der Waals surface area contributed by atoms with Crippen molar-refractivity contribution in [3.8, 4) is 5.75 Å². The smallest absolute Gasteiger partial charge is 0.226 e. The van der Waals surface area contributed by atoms with E-state index >= 15 is 0 Å². The predicted molar refractivity (Wildman–Crippen MR) is 90.7 cm³/mol. The van der Waals surface area contributed by atoms with Crippen LogP contribution in [0.25, 0.3) is 0 Å². The van der Waals surface area contributed by atoms with Gasteiger partial charge in [0, 0.05) is 37.3 Å². The summed E-state index contributed by atoms with van der Waals surface area (Å²) < 4.78 is 5.12. The van der Waals surface area contributed by atoms with E-state index in [-0.39, 0.29) is 18.2 Å². The van der Waals surface area contributed by atoms with Gasteiger partial charge in [0.25, 0.3) is 0 Å². The molecule has 2 aromatic rings. The zero-order valence-corrected chi connectivity index (χ0v) is 13.3. The van der Waals surface area contributed by atoms with Crippen molar-refractivity contribution in [1.82, 2.24) is 0 Å². The third-order valence-corrected chi connectivity index (χ3v) is 3.36. The van der Waals surface area contributed by atoms with Crippen molar-refractivity contribution in [2.45, 2.75) is 13.3 Å². The standard InChI is InChI=1S/C18H20N2O3/c1-14(21)20(16-8-4-3-5-9-16)12-11-18(22)19-15-7-6-10-17(13-15)23-2/h3-10,13H,11-12H2,1-2H3,(H,19,22). The summed E-state index contributed by atoms with van der Waals surface area (Å²) in [4.78, 5) is 25.4. The van der Waals surface area contributed by atoms with Crippen LogP contribution in [0.4, 0.5) is 11.4 Å². The van der Waals surface area contributed by atoms with Crippen molar-refractivity contribution >= 4 is 23.2 Å². The highest BCUT2D eigenvalue weighted by Crippen LogP contribution is 2.17. The van der Waals surface area contributed by atoms with E-state index in [0.717, 1.165) is 5.69 Å². The van der Waals surface area contributed by atoms with Crippen molar-refractivity contribution in [1.29, 1.82) is 0 Å². The molecule has 5 heteroatoms. The maximum atomic E-state index is 12.1. The van der Waals surface area contributed by atoms with Crippen LogP contribution in [-0.4, -0.2) is 25.5 Å². The van der Waals surface area contributed by atoms with Gasteiger partial charge in [-0.3, -0.25) is 9.59 Å². The molecule has 0 saturated heterocycles. The van der Waals surface area contributed by atoms with Crippen molar-refractivity contribution < 1.29 is 14.3 Å². The third-order valence-electron chi connectivity index (χ3n) is 3.36. The summed E-state index contributed by atoms with van der Waals surface area (Å²) in [5.41, 5.74) is 1.46. The van der Waals surface area contributed by atoms with Gasteiger partial charge >= 0.3 is 0 Å². The molecule has 5 nitrogen and oxygen atoms in total. The Morgan fingerprint density at radius 3 is 2.48 bits per heavy atom. The van der Waals surface area contributed by atoms with Gasteiger partial charge in [0.2, 0.25) is 11.8 Å².